The molecule has 0 aliphatic rings. The maximum Gasteiger partial charge on any atom is 0.224 e. The molecule has 1 amide bonds. The van der Waals surface area contributed by atoms with Gasteiger partial charge < -0.3 is 10.4 Å². The number of aromatic nitrogens is 1. The topological polar surface area (TPSA) is 62.2 Å². The van der Waals surface area contributed by atoms with Crippen molar-refractivity contribution < 1.29 is 9.90 Å². The van der Waals surface area contributed by atoms with E-state index in [9.17, 15) is 9.90 Å². The zero-order valence-corrected chi connectivity index (χ0v) is 12.8. The van der Waals surface area contributed by atoms with E-state index in [1.165, 1.54) is 0 Å². The maximum absolute atomic E-state index is 12.0. The largest absolute Gasteiger partial charge is 0.393 e. The first-order valence-corrected chi connectivity index (χ1v) is 7.53. The van der Waals surface area contributed by atoms with Gasteiger partial charge in [0.1, 0.15) is 0 Å². The van der Waals surface area contributed by atoms with E-state index in [2.05, 4.69) is 10.3 Å². The molecule has 2 unspecified atom stereocenters. The van der Waals surface area contributed by atoms with E-state index >= 15 is 0 Å². The van der Waals surface area contributed by atoms with E-state index in [1.807, 2.05) is 42.5 Å². The van der Waals surface area contributed by atoms with Crippen molar-refractivity contribution in [3.8, 4) is 0 Å². The van der Waals surface area contributed by atoms with Crippen molar-refractivity contribution in [3.63, 3.8) is 0 Å². The summed E-state index contributed by atoms with van der Waals surface area (Å²) in [5.41, 5.74) is 2.02. The molecular weight excluding hydrogens is 276 g/mol. The minimum absolute atomic E-state index is 0.0282. The molecule has 0 aliphatic heterocycles. The van der Waals surface area contributed by atoms with E-state index in [0.717, 1.165) is 11.1 Å². The number of hydrogen-bond donors (Lipinski definition) is 2. The summed E-state index contributed by atoms with van der Waals surface area (Å²) in [5.74, 6) is 0.0820. The molecule has 0 saturated heterocycles. The molecule has 0 spiro atoms. The number of nitrogens with one attached hydrogen (secondary N) is 1. The molecule has 116 valence electrons. The van der Waals surface area contributed by atoms with Crippen LogP contribution in [0.5, 0.6) is 0 Å². The first kappa shape index (κ1) is 16.2. The number of nitrogens with zero attached hydrogens (tertiary/aromatic N) is 1. The first-order chi connectivity index (χ1) is 10.6. The van der Waals surface area contributed by atoms with Crippen molar-refractivity contribution in [2.75, 3.05) is 6.54 Å². The second kappa shape index (κ2) is 8.29. The van der Waals surface area contributed by atoms with Crippen LogP contribution in [-0.4, -0.2) is 28.6 Å². The first-order valence-electron chi connectivity index (χ1n) is 7.53. The molecule has 0 radical (unpaired) electrons. The van der Waals surface area contributed by atoms with Gasteiger partial charge >= 0.3 is 0 Å². The summed E-state index contributed by atoms with van der Waals surface area (Å²) in [6.07, 6.45) is 3.93. The fraction of sp³-hybridized carbons (Fsp3) is 0.333. The van der Waals surface area contributed by atoms with E-state index in [4.69, 9.17) is 0 Å². The molecule has 2 rings (SSSR count). The van der Waals surface area contributed by atoms with Crippen LogP contribution >= 0.6 is 0 Å². The third-order valence-corrected chi connectivity index (χ3v) is 3.53. The van der Waals surface area contributed by atoms with Crippen LogP contribution < -0.4 is 5.32 Å². The zero-order valence-electron chi connectivity index (χ0n) is 12.8. The average molecular weight is 298 g/mol. The number of aliphatic hydroxyl groups excluding tert-OH is 1. The Bertz CT molecular complexity index is 570. The highest BCUT2D eigenvalue weighted by molar-refractivity contribution is 5.78. The molecule has 1 heterocycles. The Kier molecular flexibility index (Phi) is 6.10. The highest BCUT2D eigenvalue weighted by Crippen LogP contribution is 2.20. The summed E-state index contributed by atoms with van der Waals surface area (Å²) >= 11 is 0. The molecule has 0 saturated carbocycles. The van der Waals surface area contributed by atoms with Crippen LogP contribution in [-0.2, 0) is 11.2 Å². The number of hydrogen-bond acceptors (Lipinski definition) is 3. The minimum atomic E-state index is -0.402. The van der Waals surface area contributed by atoms with Gasteiger partial charge in [0.15, 0.2) is 0 Å². The molecule has 2 atom stereocenters. The van der Waals surface area contributed by atoms with Crippen LogP contribution in [0.3, 0.4) is 0 Å². The number of benzene rings is 1. The third-order valence-electron chi connectivity index (χ3n) is 3.53. The standard InChI is InChI=1S/C18H22N2O2/c1-14(21)10-17(16-7-3-2-4-8-16)13-20-18(22)11-15-6-5-9-19-12-15/h2-9,12,14,17,21H,10-11,13H2,1H3,(H,20,22). The summed E-state index contributed by atoms with van der Waals surface area (Å²) in [6, 6.07) is 13.7. The number of carbonyl (C=O) groups is 1. The number of pyridine rings is 1. The van der Waals surface area contributed by atoms with E-state index in [1.54, 1.807) is 19.3 Å². The quantitative estimate of drug-likeness (QED) is 0.824. The van der Waals surface area contributed by atoms with Gasteiger partial charge in [0.2, 0.25) is 5.91 Å². The van der Waals surface area contributed by atoms with Crippen molar-refractivity contribution in [2.24, 2.45) is 0 Å². The van der Waals surface area contributed by atoms with Gasteiger partial charge in [0.25, 0.3) is 0 Å². The minimum Gasteiger partial charge on any atom is -0.393 e. The third kappa shape index (κ3) is 5.30. The van der Waals surface area contributed by atoms with E-state index in [-0.39, 0.29) is 11.8 Å². The second-order valence-electron chi connectivity index (χ2n) is 5.53. The van der Waals surface area contributed by atoms with Crippen molar-refractivity contribution in [1.29, 1.82) is 0 Å². The molecule has 2 aromatic rings. The Balaban J connectivity index is 1.92. The molecule has 0 fully saturated rings. The predicted octanol–water partition coefficient (Wildman–Crippen LogP) is 2.29. The second-order valence-corrected chi connectivity index (χ2v) is 5.53. The molecule has 2 N–H and O–H groups in total. The van der Waals surface area contributed by atoms with Gasteiger partial charge in [-0.3, -0.25) is 9.78 Å². The molecule has 4 nitrogen and oxygen atoms in total. The average Bonchev–Trinajstić information content (AvgIpc) is 2.53. The molecule has 22 heavy (non-hydrogen) atoms. The van der Waals surface area contributed by atoms with Crippen LogP contribution in [0.1, 0.15) is 30.4 Å². The lowest BCUT2D eigenvalue weighted by atomic mass is 9.93. The Labute approximate surface area is 131 Å². The lowest BCUT2D eigenvalue weighted by Crippen LogP contribution is -2.30. The molecule has 1 aromatic carbocycles. The lowest BCUT2D eigenvalue weighted by Gasteiger charge is -2.19. The van der Waals surface area contributed by atoms with E-state index in [0.29, 0.717) is 19.4 Å². The summed E-state index contributed by atoms with van der Waals surface area (Å²) in [7, 11) is 0. The van der Waals surface area contributed by atoms with Gasteiger partial charge in [0.05, 0.1) is 12.5 Å². The molecule has 0 bridgehead atoms. The molecule has 4 heteroatoms. The SMILES string of the molecule is CC(O)CC(CNC(=O)Cc1cccnc1)c1ccccc1. The van der Waals surface area contributed by atoms with Crippen LogP contribution in [0, 0.1) is 0 Å². The van der Waals surface area contributed by atoms with Crippen molar-refractivity contribution in [3.05, 3.63) is 66.0 Å². The number of aliphatic hydroxyl groups is 1. The highest BCUT2D eigenvalue weighted by atomic mass is 16.3. The Hall–Kier alpha value is -2.20. The van der Waals surface area contributed by atoms with Crippen molar-refractivity contribution >= 4 is 5.91 Å². The van der Waals surface area contributed by atoms with Crippen LogP contribution in [0.25, 0.3) is 0 Å². The van der Waals surface area contributed by atoms with E-state index < -0.39 is 6.10 Å². The van der Waals surface area contributed by atoms with Gasteiger partial charge in [-0.25, -0.2) is 0 Å². The normalized spacial score (nSPS) is 13.4. The predicted molar refractivity (Wildman–Crippen MR) is 86.4 cm³/mol. The van der Waals surface area contributed by atoms with Crippen LogP contribution in [0.15, 0.2) is 54.9 Å². The van der Waals surface area contributed by atoms with Crippen molar-refractivity contribution in [2.45, 2.75) is 31.8 Å². The molecule has 0 aliphatic carbocycles. The van der Waals surface area contributed by atoms with Gasteiger partial charge in [-0.15, -0.1) is 0 Å². The van der Waals surface area contributed by atoms with Gasteiger partial charge in [-0.2, -0.15) is 0 Å². The summed E-state index contributed by atoms with van der Waals surface area (Å²) in [6.45, 7) is 2.29. The number of carbonyl (C=O) groups excluding carboxylic acids is 1. The lowest BCUT2D eigenvalue weighted by molar-refractivity contribution is -0.120. The highest BCUT2D eigenvalue weighted by Gasteiger charge is 2.15. The van der Waals surface area contributed by atoms with Gasteiger partial charge in [-0.1, -0.05) is 36.4 Å². The Morgan fingerprint density at radius 2 is 2.00 bits per heavy atom. The fourth-order valence-electron chi connectivity index (χ4n) is 2.46. The van der Waals surface area contributed by atoms with Gasteiger partial charge in [0, 0.05) is 24.9 Å². The Morgan fingerprint density at radius 1 is 1.23 bits per heavy atom. The smallest absolute Gasteiger partial charge is 0.224 e. The fourth-order valence-corrected chi connectivity index (χ4v) is 2.46. The maximum atomic E-state index is 12.0. The number of rotatable bonds is 7. The Morgan fingerprint density at radius 3 is 2.64 bits per heavy atom. The molecule has 1 aromatic heterocycles. The summed E-state index contributed by atoms with van der Waals surface area (Å²) in [4.78, 5) is 16.0. The summed E-state index contributed by atoms with van der Waals surface area (Å²) < 4.78 is 0. The van der Waals surface area contributed by atoms with Crippen molar-refractivity contribution in [1.82, 2.24) is 10.3 Å². The number of amides is 1. The monoisotopic (exact) mass is 298 g/mol. The van der Waals surface area contributed by atoms with Gasteiger partial charge in [-0.05, 0) is 30.5 Å². The molecular formula is C18H22N2O2. The zero-order chi connectivity index (χ0) is 15.8. The summed E-state index contributed by atoms with van der Waals surface area (Å²) in [5, 5.41) is 12.6. The van der Waals surface area contributed by atoms with Crippen LogP contribution in [0.2, 0.25) is 0 Å². The van der Waals surface area contributed by atoms with Crippen LogP contribution in [0.4, 0.5) is 0 Å².